The van der Waals surface area contributed by atoms with Crippen LogP contribution in [-0.2, 0) is 38.5 Å². The van der Waals surface area contributed by atoms with Crippen LogP contribution in [0.3, 0.4) is 0 Å². The summed E-state index contributed by atoms with van der Waals surface area (Å²) < 4.78 is 0. The SMILES string of the molecule is CCc1cc2ccc1CCc1ccc(c(CC)c1)CC2. The molecule has 0 saturated heterocycles. The molecule has 4 bridgehead atoms. The van der Waals surface area contributed by atoms with Crippen LogP contribution in [0.4, 0.5) is 0 Å². The Kier molecular flexibility index (Phi) is 3.91. The van der Waals surface area contributed by atoms with Gasteiger partial charge in [-0.2, -0.15) is 0 Å². The lowest BCUT2D eigenvalue weighted by atomic mass is 9.90. The standard InChI is InChI=1S/C20H24/c1-3-17-13-15-5-9-19(17)11-7-16-6-10-20(12-8-15)18(4-2)14-16/h5-6,9-10,13-14H,3-4,7-8,11-12H2,1-2H3. The maximum absolute atomic E-state index is 2.44. The topological polar surface area (TPSA) is 0 Å². The van der Waals surface area contributed by atoms with Gasteiger partial charge in [-0.05, 0) is 71.9 Å². The zero-order valence-corrected chi connectivity index (χ0v) is 12.7. The lowest BCUT2D eigenvalue weighted by Gasteiger charge is -2.15. The van der Waals surface area contributed by atoms with Crippen LogP contribution in [0.5, 0.6) is 0 Å². The zero-order chi connectivity index (χ0) is 13.9. The molecule has 0 nitrogen and oxygen atoms in total. The summed E-state index contributed by atoms with van der Waals surface area (Å²) >= 11 is 0. The lowest BCUT2D eigenvalue weighted by molar-refractivity contribution is 0.882. The highest BCUT2D eigenvalue weighted by molar-refractivity contribution is 5.37. The Balaban J connectivity index is 2.01. The van der Waals surface area contributed by atoms with Crippen LogP contribution < -0.4 is 0 Å². The molecule has 0 spiro atoms. The van der Waals surface area contributed by atoms with Crippen molar-refractivity contribution in [2.24, 2.45) is 0 Å². The van der Waals surface area contributed by atoms with Gasteiger partial charge in [0.25, 0.3) is 0 Å². The summed E-state index contributed by atoms with van der Waals surface area (Å²) in [5.74, 6) is 0. The molecule has 2 aromatic rings. The molecular formula is C20H24. The summed E-state index contributed by atoms with van der Waals surface area (Å²) in [6, 6.07) is 14.3. The van der Waals surface area contributed by atoms with E-state index in [2.05, 4.69) is 50.2 Å². The molecule has 0 heteroatoms. The average Bonchev–Trinajstić information content (AvgIpc) is 2.49. The molecule has 0 N–H and O–H groups in total. The van der Waals surface area contributed by atoms with E-state index >= 15 is 0 Å². The lowest BCUT2D eigenvalue weighted by Crippen LogP contribution is -2.04. The van der Waals surface area contributed by atoms with Crippen LogP contribution >= 0.6 is 0 Å². The van der Waals surface area contributed by atoms with Gasteiger partial charge in [0.05, 0.1) is 0 Å². The first kappa shape index (κ1) is 13.4. The summed E-state index contributed by atoms with van der Waals surface area (Å²) in [6.07, 6.45) is 6.99. The van der Waals surface area contributed by atoms with E-state index in [0.29, 0.717) is 0 Å². The van der Waals surface area contributed by atoms with E-state index < -0.39 is 0 Å². The molecule has 20 heavy (non-hydrogen) atoms. The van der Waals surface area contributed by atoms with Gasteiger partial charge in [-0.3, -0.25) is 0 Å². The fraction of sp³-hybridized carbons (Fsp3) is 0.400. The third-order valence-corrected chi connectivity index (χ3v) is 4.67. The van der Waals surface area contributed by atoms with Crippen molar-refractivity contribution in [1.82, 2.24) is 0 Å². The zero-order valence-electron chi connectivity index (χ0n) is 12.7. The normalized spacial score (nSPS) is 14.1. The number of rotatable bonds is 2. The highest BCUT2D eigenvalue weighted by atomic mass is 14.1. The predicted molar refractivity (Wildman–Crippen MR) is 86.5 cm³/mol. The van der Waals surface area contributed by atoms with Gasteiger partial charge >= 0.3 is 0 Å². The Labute approximate surface area is 122 Å². The molecule has 0 fully saturated rings. The van der Waals surface area contributed by atoms with Crippen LogP contribution in [-0.4, -0.2) is 0 Å². The highest BCUT2D eigenvalue weighted by Gasteiger charge is 2.09. The Hall–Kier alpha value is -1.56. The van der Waals surface area contributed by atoms with E-state index in [1.54, 1.807) is 22.3 Å². The van der Waals surface area contributed by atoms with E-state index in [1.807, 2.05) is 0 Å². The highest BCUT2D eigenvalue weighted by Crippen LogP contribution is 2.22. The molecular weight excluding hydrogens is 240 g/mol. The van der Waals surface area contributed by atoms with Crippen LogP contribution in [0.15, 0.2) is 36.4 Å². The van der Waals surface area contributed by atoms with Crippen molar-refractivity contribution in [3.8, 4) is 0 Å². The van der Waals surface area contributed by atoms with E-state index in [-0.39, 0.29) is 0 Å². The average molecular weight is 264 g/mol. The molecule has 0 saturated carbocycles. The van der Waals surface area contributed by atoms with E-state index in [9.17, 15) is 0 Å². The first-order chi connectivity index (χ1) is 9.80. The van der Waals surface area contributed by atoms with Crippen molar-refractivity contribution in [1.29, 1.82) is 0 Å². The van der Waals surface area contributed by atoms with Crippen molar-refractivity contribution in [2.45, 2.75) is 52.4 Å². The molecule has 0 atom stereocenters. The van der Waals surface area contributed by atoms with Crippen LogP contribution in [0.1, 0.15) is 47.2 Å². The van der Waals surface area contributed by atoms with Crippen LogP contribution in [0, 0.1) is 0 Å². The molecule has 0 amide bonds. The number of aryl methyl sites for hydroxylation is 6. The van der Waals surface area contributed by atoms with Crippen molar-refractivity contribution in [3.05, 3.63) is 69.8 Å². The summed E-state index contributed by atoms with van der Waals surface area (Å²) in [5.41, 5.74) is 9.17. The molecule has 4 aliphatic rings. The molecule has 0 aliphatic heterocycles. The Morgan fingerprint density at radius 3 is 1.50 bits per heavy atom. The van der Waals surface area contributed by atoms with Gasteiger partial charge in [0.2, 0.25) is 0 Å². The second-order valence-electron chi connectivity index (χ2n) is 5.91. The molecule has 0 unspecified atom stereocenters. The Morgan fingerprint density at radius 1 is 0.650 bits per heavy atom. The molecule has 6 rings (SSSR count). The maximum Gasteiger partial charge on any atom is -0.0236 e. The Bertz CT molecular complexity index is 552. The van der Waals surface area contributed by atoms with Crippen molar-refractivity contribution in [2.75, 3.05) is 0 Å². The van der Waals surface area contributed by atoms with Gasteiger partial charge in [-0.15, -0.1) is 0 Å². The van der Waals surface area contributed by atoms with Crippen molar-refractivity contribution < 1.29 is 0 Å². The smallest absolute Gasteiger partial charge is 0.0236 e. The largest absolute Gasteiger partial charge is 0.0613 e. The van der Waals surface area contributed by atoms with Gasteiger partial charge in [0.1, 0.15) is 0 Å². The van der Waals surface area contributed by atoms with Crippen LogP contribution in [0.25, 0.3) is 0 Å². The molecule has 2 aromatic carbocycles. The van der Waals surface area contributed by atoms with Gasteiger partial charge < -0.3 is 0 Å². The van der Waals surface area contributed by atoms with E-state index in [0.717, 1.165) is 12.8 Å². The van der Waals surface area contributed by atoms with Gasteiger partial charge in [0.15, 0.2) is 0 Å². The molecule has 0 heterocycles. The first-order valence-electron chi connectivity index (χ1n) is 8.01. The van der Waals surface area contributed by atoms with Crippen molar-refractivity contribution >= 4 is 0 Å². The Morgan fingerprint density at radius 2 is 1.10 bits per heavy atom. The summed E-state index contributed by atoms with van der Waals surface area (Å²) in [4.78, 5) is 0. The quantitative estimate of drug-likeness (QED) is 0.738. The minimum Gasteiger partial charge on any atom is -0.0613 e. The molecule has 0 aromatic heterocycles. The second kappa shape index (κ2) is 5.83. The molecule has 104 valence electrons. The monoisotopic (exact) mass is 264 g/mol. The fourth-order valence-corrected chi connectivity index (χ4v) is 3.37. The number of hydrogen-bond donors (Lipinski definition) is 0. The van der Waals surface area contributed by atoms with Gasteiger partial charge in [0, 0.05) is 0 Å². The maximum atomic E-state index is 2.44. The summed E-state index contributed by atoms with van der Waals surface area (Å²) in [7, 11) is 0. The van der Waals surface area contributed by atoms with Crippen molar-refractivity contribution in [3.63, 3.8) is 0 Å². The minimum atomic E-state index is 1.15. The molecule has 0 radical (unpaired) electrons. The van der Waals surface area contributed by atoms with Gasteiger partial charge in [-0.25, -0.2) is 0 Å². The third kappa shape index (κ3) is 2.65. The first-order valence-corrected chi connectivity index (χ1v) is 8.01. The minimum absolute atomic E-state index is 1.15. The fourth-order valence-electron chi connectivity index (χ4n) is 3.37. The third-order valence-electron chi connectivity index (χ3n) is 4.67. The van der Waals surface area contributed by atoms with E-state index in [4.69, 9.17) is 0 Å². The number of hydrogen-bond acceptors (Lipinski definition) is 0. The molecule has 4 aliphatic carbocycles. The summed E-state index contributed by atoms with van der Waals surface area (Å²) in [6.45, 7) is 4.55. The predicted octanol–water partition coefficient (Wildman–Crippen LogP) is 4.70. The second-order valence-corrected chi connectivity index (χ2v) is 5.91. The van der Waals surface area contributed by atoms with Crippen LogP contribution in [0.2, 0.25) is 0 Å². The summed E-state index contributed by atoms with van der Waals surface area (Å²) in [5, 5.41) is 0. The number of benzene rings is 2. The van der Waals surface area contributed by atoms with Gasteiger partial charge in [-0.1, -0.05) is 50.2 Å². The van der Waals surface area contributed by atoms with E-state index in [1.165, 1.54) is 36.8 Å².